The van der Waals surface area contributed by atoms with Crippen molar-refractivity contribution in [3.63, 3.8) is 0 Å². The van der Waals surface area contributed by atoms with Gasteiger partial charge in [0.15, 0.2) is 5.58 Å². The molecule has 0 saturated heterocycles. The van der Waals surface area contributed by atoms with Crippen LogP contribution in [0, 0.1) is 0 Å². The van der Waals surface area contributed by atoms with E-state index in [0.717, 1.165) is 11.1 Å². The van der Waals surface area contributed by atoms with Gasteiger partial charge < -0.3 is 14.3 Å². The maximum absolute atomic E-state index is 10.5. The number of hydrogen-bond acceptors (Lipinski definition) is 4. The van der Waals surface area contributed by atoms with E-state index in [2.05, 4.69) is 4.98 Å². The molecule has 0 unspecified atom stereocenters. The molecule has 1 heterocycles. The Bertz CT molecular complexity index is 868. The molecule has 0 bridgehead atoms. The SMILES string of the molecule is O=C(O)CCOc1cccc(/C=C(\Cl)c2nc3ccccc3o2)c1. The van der Waals surface area contributed by atoms with Crippen LogP contribution in [0.2, 0.25) is 0 Å². The standard InChI is InChI=1S/C18H14ClNO4/c19-14(18-20-15-6-1-2-7-16(15)24-18)11-12-4-3-5-13(10-12)23-9-8-17(21)22/h1-7,10-11H,8-9H2,(H,21,22)/b14-11-. The van der Waals surface area contributed by atoms with Crippen LogP contribution in [0.1, 0.15) is 17.9 Å². The van der Waals surface area contributed by atoms with Crippen molar-refractivity contribution in [1.82, 2.24) is 4.98 Å². The lowest BCUT2D eigenvalue weighted by molar-refractivity contribution is -0.137. The third-order valence-corrected chi connectivity index (χ3v) is 3.51. The van der Waals surface area contributed by atoms with E-state index >= 15 is 0 Å². The number of para-hydroxylation sites is 2. The molecule has 6 heteroatoms. The summed E-state index contributed by atoms with van der Waals surface area (Å²) in [5.74, 6) is 0.0205. The van der Waals surface area contributed by atoms with Gasteiger partial charge in [-0.3, -0.25) is 4.79 Å². The van der Waals surface area contributed by atoms with Gasteiger partial charge in [-0.25, -0.2) is 4.98 Å². The molecule has 0 saturated carbocycles. The van der Waals surface area contributed by atoms with Crippen LogP contribution in [-0.4, -0.2) is 22.7 Å². The molecule has 122 valence electrons. The number of fused-ring (bicyclic) bond motifs is 1. The summed E-state index contributed by atoms with van der Waals surface area (Å²) >= 11 is 6.30. The van der Waals surface area contributed by atoms with Crippen LogP contribution in [0.25, 0.3) is 22.2 Å². The molecule has 0 aliphatic rings. The number of oxazole rings is 1. The van der Waals surface area contributed by atoms with E-state index in [-0.39, 0.29) is 13.0 Å². The number of ether oxygens (including phenoxy) is 1. The number of hydrogen-bond donors (Lipinski definition) is 1. The highest BCUT2D eigenvalue weighted by Crippen LogP contribution is 2.26. The molecule has 0 amide bonds. The van der Waals surface area contributed by atoms with Crippen LogP contribution in [0.3, 0.4) is 0 Å². The molecule has 2 aromatic carbocycles. The number of carbonyl (C=O) groups is 1. The Morgan fingerprint density at radius 1 is 1.25 bits per heavy atom. The first-order valence-corrected chi connectivity index (χ1v) is 7.67. The van der Waals surface area contributed by atoms with E-state index in [4.69, 9.17) is 25.9 Å². The normalized spacial score (nSPS) is 11.6. The minimum absolute atomic E-state index is 0.0519. The number of aliphatic carboxylic acids is 1. The summed E-state index contributed by atoms with van der Waals surface area (Å²) in [6, 6.07) is 14.6. The molecule has 24 heavy (non-hydrogen) atoms. The van der Waals surface area contributed by atoms with Gasteiger partial charge in [0, 0.05) is 0 Å². The van der Waals surface area contributed by atoms with Crippen molar-refractivity contribution in [2.75, 3.05) is 6.61 Å². The molecule has 1 N–H and O–H groups in total. The molecule has 0 fully saturated rings. The van der Waals surface area contributed by atoms with E-state index < -0.39 is 5.97 Å². The highest BCUT2D eigenvalue weighted by Gasteiger charge is 2.09. The first-order valence-electron chi connectivity index (χ1n) is 7.29. The number of carboxylic acids is 1. The second-order valence-corrected chi connectivity index (χ2v) is 5.45. The van der Waals surface area contributed by atoms with Gasteiger partial charge in [0.2, 0.25) is 5.89 Å². The number of rotatable bonds is 6. The lowest BCUT2D eigenvalue weighted by Crippen LogP contribution is -2.04. The van der Waals surface area contributed by atoms with Crippen molar-refractivity contribution in [2.24, 2.45) is 0 Å². The average molecular weight is 344 g/mol. The summed E-state index contributed by atoms with van der Waals surface area (Å²) in [5, 5.41) is 9.00. The van der Waals surface area contributed by atoms with E-state index in [9.17, 15) is 4.79 Å². The molecule has 0 radical (unpaired) electrons. The number of carboxylic acid groups (broad SMARTS) is 1. The molecule has 3 aromatic rings. The monoisotopic (exact) mass is 343 g/mol. The zero-order valence-corrected chi connectivity index (χ0v) is 13.4. The van der Waals surface area contributed by atoms with Crippen molar-refractivity contribution in [1.29, 1.82) is 0 Å². The molecule has 0 spiro atoms. The van der Waals surface area contributed by atoms with Crippen LogP contribution in [0.4, 0.5) is 0 Å². The zero-order valence-electron chi connectivity index (χ0n) is 12.6. The number of nitrogens with zero attached hydrogens (tertiary/aromatic N) is 1. The quantitative estimate of drug-likeness (QED) is 0.717. The first-order chi connectivity index (χ1) is 11.6. The van der Waals surface area contributed by atoms with Gasteiger partial charge >= 0.3 is 5.97 Å². The van der Waals surface area contributed by atoms with Gasteiger partial charge in [-0.05, 0) is 35.9 Å². The highest BCUT2D eigenvalue weighted by atomic mass is 35.5. The van der Waals surface area contributed by atoms with Crippen LogP contribution >= 0.6 is 11.6 Å². The summed E-state index contributed by atoms with van der Waals surface area (Å²) in [4.78, 5) is 14.8. The fraction of sp³-hybridized carbons (Fsp3) is 0.111. The van der Waals surface area contributed by atoms with Gasteiger partial charge in [0.25, 0.3) is 0 Å². The third-order valence-electron chi connectivity index (χ3n) is 3.23. The fourth-order valence-electron chi connectivity index (χ4n) is 2.13. The van der Waals surface area contributed by atoms with E-state index in [1.807, 2.05) is 30.3 Å². The van der Waals surface area contributed by atoms with Crippen LogP contribution < -0.4 is 4.74 Å². The average Bonchev–Trinajstić information content (AvgIpc) is 2.99. The highest BCUT2D eigenvalue weighted by molar-refractivity contribution is 6.50. The summed E-state index contributed by atoms with van der Waals surface area (Å²) in [7, 11) is 0. The second kappa shape index (κ2) is 7.19. The minimum atomic E-state index is -0.898. The van der Waals surface area contributed by atoms with Crippen molar-refractivity contribution < 1.29 is 19.1 Å². The molecule has 0 aliphatic heterocycles. The smallest absolute Gasteiger partial charge is 0.306 e. The summed E-state index contributed by atoms with van der Waals surface area (Å²) in [6.45, 7) is 0.112. The topological polar surface area (TPSA) is 72.6 Å². The molecular weight excluding hydrogens is 330 g/mol. The first kappa shape index (κ1) is 16.1. The van der Waals surface area contributed by atoms with Crippen LogP contribution in [0.15, 0.2) is 52.9 Å². The fourth-order valence-corrected chi connectivity index (χ4v) is 2.34. The Morgan fingerprint density at radius 3 is 2.88 bits per heavy atom. The van der Waals surface area contributed by atoms with Crippen molar-refractivity contribution >= 4 is 39.8 Å². The molecule has 0 atom stereocenters. The van der Waals surface area contributed by atoms with Crippen LogP contribution in [0.5, 0.6) is 5.75 Å². The summed E-state index contributed by atoms with van der Waals surface area (Å²) in [6.07, 6.45) is 1.67. The maximum atomic E-state index is 10.5. The predicted octanol–water partition coefficient (Wildman–Crippen LogP) is 4.42. The maximum Gasteiger partial charge on any atom is 0.306 e. The van der Waals surface area contributed by atoms with E-state index in [1.165, 1.54) is 0 Å². The Labute approximate surface area is 143 Å². The number of halogens is 1. The molecule has 1 aromatic heterocycles. The van der Waals surface area contributed by atoms with Crippen molar-refractivity contribution in [3.8, 4) is 5.75 Å². The summed E-state index contributed by atoms with van der Waals surface area (Å²) in [5.41, 5.74) is 2.21. The Hall–Kier alpha value is -2.79. The largest absolute Gasteiger partial charge is 0.493 e. The number of aromatic nitrogens is 1. The zero-order chi connectivity index (χ0) is 16.9. The predicted molar refractivity (Wildman–Crippen MR) is 91.9 cm³/mol. The second-order valence-electron chi connectivity index (χ2n) is 5.04. The van der Waals surface area contributed by atoms with Gasteiger partial charge in [-0.15, -0.1) is 0 Å². The number of benzene rings is 2. The Balaban J connectivity index is 1.78. The van der Waals surface area contributed by atoms with Crippen LogP contribution in [-0.2, 0) is 4.79 Å². The van der Waals surface area contributed by atoms with E-state index in [0.29, 0.717) is 22.3 Å². The van der Waals surface area contributed by atoms with Crippen molar-refractivity contribution in [3.05, 3.63) is 60.0 Å². The van der Waals surface area contributed by atoms with E-state index in [1.54, 1.807) is 24.3 Å². The Kier molecular flexibility index (Phi) is 4.82. The lowest BCUT2D eigenvalue weighted by Gasteiger charge is -2.05. The molecule has 3 rings (SSSR count). The third kappa shape index (κ3) is 3.94. The van der Waals surface area contributed by atoms with Crippen molar-refractivity contribution in [2.45, 2.75) is 6.42 Å². The summed E-state index contributed by atoms with van der Waals surface area (Å²) < 4.78 is 11.0. The molecule has 5 nitrogen and oxygen atoms in total. The van der Waals surface area contributed by atoms with Gasteiger partial charge in [0.1, 0.15) is 16.3 Å². The minimum Gasteiger partial charge on any atom is -0.493 e. The molecule has 0 aliphatic carbocycles. The van der Waals surface area contributed by atoms with Gasteiger partial charge in [-0.1, -0.05) is 35.9 Å². The molecular formula is C18H14ClNO4. The Morgan fingerprint density at radius 2 is 2.08 bits per heavy atom. The van der Waals surface area contributed by atoms with Gasteiger partial charge in [0.05, 0.1) is 13.0 Å². The van der Waals surface area contributed by atoms with Gasteiger partial charge in [-0.2, -0.15) is 0 Å². The lowest BCUT2D eigenvalue weighted by atomic mass is 10.2.